The average molecular weight is 365 g/mol. The van der Waals surface area contributed by atoms with E-state index >= 15 is 0 Å². The molecular formula is C16H19N3O3S2. The van der Waals surface area contributed by atoms with Gasteiger partial charge >= 0.3 is 0 Å². The van der Waals surface area contributed by atoms with E-state index in [4.69, 9.17) is 4.74 Å². The summed E-state index contributed by atoms with van der Waals surface area (Å²) in [5, 5.41) is 7.40. The number of hydrogen-bond donors (Lipinski definition) is 2. The monoisotopic (exact) mass is 365 g/mol. The van der Waals surface area contributed by atoms with Crippen LogP contribution < -0.4 is 15.4 Å². The van der Waals surface area contributed by atoms with Crippen molar-refractivity contribution in [2.75, 3.05) is 24.7 Å². The Balaban J connectivity index is 1.79. The number of aromatic nitrogens is 1. The quantitative estimate of drug-likeness (QED) is 0.703. The Labute approximate surface area is 149 Å². The number of rotatable bonds is 8. The molecule has 2 aromatic rings. The summed E-state index contributed by atoms with van der Waals surface area (Å²) in [4.78, 5) is 27.8. The first-order valence-corrected chi connectivity index (χ1v) is 9.25. The fourth-order valence-electron chi connectivity index (χ4n) is 1.86. The van der Waals surface area contributed by atoms with Gasteiger partial charge in [0.1, 0.15) is 5.75 Å². The molecule has 0 atom stereocenters. The number of ether oxygens (including phenoxy) is 1. The van der Waals surface area contributed by atoms with Crippen molar-refractivity contribution in [3.05, 3.63) is 35.3 Å². The van der Waals surface area contributed by atoms with E-state index in [-0.39, 0.29) is 24.0 Å². The van der Waals surface area contributed by atoms with Crippen molar-refractivity contribution in [3.8, 4) is 5.75 Å². The number of thiazole rings is 1. The first-order chi connectivity index (χ1) is 11.6. The zero-order valence-corrected chi connectivity index (χ0v) is 15.1. The maximum absolute atomic E-state index is 12.0. The molecule has 0 bridgehead atoms. The maximum Gasteiger partial charge on any atom is 0.234 e. The van der Waals surface area contributed by atoms with Gasteiger partial charge in [0.25, 0.3) is 0 Å². The van der Waals surface area contributed by atoms with Gasteiger partial charge in [-0.2, -0.15) is 0 Å². The second-order valence-electron chi connectivity index (χ2n) is 4.80. The van der Waals surface area contributed by atoms with E-state index in [0.29, 0.717) is 6.54 Å². The number of hydrogen-bond acceptors (Lipinski definition) is 6. The summed E-state index contributed by atoms with van der Waals surface area (Å²) in [6.45, 7) is 2.48. The number of nitrogens with zero attached hydrogens (tertiary/aromatic N) is 1. The summed E-state index contributed by atoms with van der Waals surface area (Å²) in [6, 6.07) is 7.15. The summed E-state index contributed by atoms with van der Waals surface area (Å²) in [5.74, 6) is 0.854. The van der Waals surface area contributed by atoms with Crippen molar-refractivity contribution in [2.24, 2.45) is 0 Å². The lowest BCUT2D eigenvalue weighted by molar-refractivity contribution is -0.120. The van der Waals surface area contributed by atoms with Gasteiger partial charge in [0.2, 0.25) is 11.8 Å². The van der Waals surface area contributed by atoms with Crippen LogP contribution in [0.1, 0.15) is 12.6 Å². The minimum absolute atomic E-state index is 0.0448. The van der Waals surface area contributed by atoms with Crippen LogP contribution in [0.4, 0.5) is 5.69 Å². The highest BCUT2D eigenvalue weighted by Gasteiger charge is 2.09. The number of thioether (sulfide) groups is 1. The first kappa shape index (κ1) is 18.3. The molecule has 2 amide bonds. The number of anilines is 1. The van der Waals surface area contributed by atoms with E-state index in [1.54, 1.807) is 31.4 Å². The third-order valence-electron chi connectivity index (χ3n) is 2.95. The van der Waals surface area contributed by atoms with Gasteiger partial charge in [-0.1, -0.05) is 11.8 Å². The van der Waals surface area contributed by atoms with Crippen molar-refractivity contribution in [1.29, 1.82) is 0 Å². The Hall–Kier alpha value is -2.06. The smallest absolute Gasteiger partial charge is 0.234 e. The second-order valence-corrected chi connectivity index (χ2v) is 6.88. The molecule has 0 radical (unpaired) electrons. The highest BCUT2D eigenvalue weighted by atomic mass is 32.2. The van der Waals surface area contributed by atoms with Crippen LogP contribution in [0.3, 0.4) is 0 Å². The van der Waals surface area contributed by atoms with Crippen molar-refractivity contribution >= 4 is 40.6 Å². The van der Waals surface area contributed by atoms with Gasteiger partial charge in [-0.3, -0.25) is 9.59 Å². The predicted octanol–water partition coefficient (Wildman–Crippen LogP) is 2.56. The van der Waals surface area contributed by atoms with Crippen molar-refractivity contribution in [2.45, 2.75) is 17.7 Å². The van der Waals surface area contributed by atoms with E-state index < -0.39 is 0 Å². The van der Waals surface area contributed by atoms with Gasteiger partial charge in [0.05, 0.1) is 25.0 Å². The Morgan fingerprint density at radius 3 is 2.67 bits per heavy atom. The summed E-state index contributed by atoms with van der Waals surface area (Å²) in [7, 11) is 1.60. The standard InChI is InChI=1S/C16H19N3O3S2/c1-3-17-14(20)8-12-9-23-16(19-12)24-10-15(21)18-11-4-6-13(22-2)7-5-11/h4-7,9H,3,8,10H2,1-2H3,(H,17,20)(H,18,21). The zero-order valence-electron chi connectivity index (χ0n) is 13.5. The zero-order chi connectivity index (χ0) is 17.4. The number of nitrogens with one attached hydrogen (secondary N) is 2. The van der Waals surface area contributed by atoms with Gasteiger partial charge in [-0.25, -0.2) is 4.98 Å². The Bertz CT molecular complexity index is 686. The minimum atomic E-state index is -0.106. The normalized spacial score (nSPS) is 10.2. The van der Waals surface area contributed by atoms with E-state index in [1.807, 2.05) is 12.3 Å². The molecule has 0 saturated heterocycles. The van der Waals surface area contributed by atoms with Crippen molar-refractivity contribution in [1.82, 2.24) is 10.3 Å². The molecule has 0 spiro atoms. The molecular weight excluding hydrogens is 346 g/mol. The molecule has 0 aliphatic rings. The molecule has 2 N–H and O–H groups in total. The number of carbonyl (C=O) groups excluding carboxylic acids is 2. The summed E-state index contributed by atoms with van der Waals surface area (Å²) in [6.07, 6.45) is 0.267. The molecule has 6 nitrogen and oxygen atoms in total. The second kappa shape index (κ2) is 9.29. The highest BCUT2D eigenvalue weighted by Crippen LogP contribution is 2.23. The number of methoxy groups -OCH3 is 1. The van der Waals surface area contributed by atoms with Crippen LogP contribution in [-0.2, 0) is 16.0 Å². The average Bonchev–Trinajstić information content (AvgIpc) is 3.01. The first-order valence-electron chi connectivity index (χ1n) is 7.38. The number of benzene rings is 1. The molecule has 24 heavy (non-hydrogen) atoms. The minimum Gasteiger partial charge on any atom is -0.497 e. The number of amides is 2. The van der Waals surface area contributed by atoms with Crippen LogP contribution in [0, 0.1) is 0 Å². The topological polar surface area (TPSA) is 80.3 Å². The molecule has 0 aliphatic carbocycles. The van der Waals surface area contributed by atoms with Crippen LogP contribution in [0.5, 0.6) is 5.75 Å². The molecule has 128 valence electrons. The van der Waals surface area contributed by atoms with Crippen LogP contribution in [0.2, 0.25) is 0 Å². The Kier molecular flexibility index (Phi) is 7.07. The molecule has 1 aromatic carbocycles. The summed E-state index contributed by atoms with van der Waals surface area (Å²) in [5.41, 5.74) is 1.45. The van der Waals surface area contributed by atoms with Crippen LogP contribution in [0.15, 0.2) is 34.0 Å². The SMILES string of the molecule is CCNC(=O)Cc1csc(SCC(=O)Nc2ccc(OC)cc2)n1. The predicted molar refractivity (Wildman–Crippen MR) is 96.8 cm³/mol. The van der Waals surface area contributed by atoms with Crippen molar-refractivity contribution in [3.63, 3.8) is 0 Å². The van der Waals surface area contributed by atoms with Crippen molar-refractivity contribution < 1.29 is 14.3 Å². The summed E-state index contributed by atoms with van der Waals surface area (Å²) < 4.78 is 5.85. The molecule has 0 aliphatic heterocycles. The largest absolute Gasteiger partial charge is 0.497 e. The molecule has 0 saturated carbocycles. The van der Waals surface area contributed by atoms with Crippen LogP contribution in [0.25, 0.3) is 0 Å². The van der Waals surface area contributed by atoms with Gasteiger partial charge < -0.3 is 15.4 Å². The number of likely N-dealkylation sites (N-methyl/N-ethyl adjacent to an activating group) is 1. The maximum atomic E-state index is 12.0. The van der Waals surface area contributed by atoms with E-state index in [9.17, 15) is 9.59 Å². The van der Waals surface area contributed by atoms with E-state index in [2.05, 4.69) is 15.6 Å². The molecule has 8 heteroatoms. The lowest BCUT2D eigenvalue weighted by Crippen LogP contribution is -2.24. The fraction of sp³-hybridized carbons (Fsp3) is 0.312. The Morgan fingerprint density at radius 2 is 2.00 bits per heavy atom. The third kappa shape index (κ3) is 5.86. The van der Waals surface area contributed by atoms with Crippen LogP contribution >= 0.6 is 23.1 Å². The van der Waals surface area contributed by atoms with Gasteiger partial charge in [-0.15, -0.1) is 11.3 Å². The van der Waals surface area contributed by atoms with Gasteiger partial charge in [0.15, 0.2) is 4.34 Å². The highest BCUT2D eigenvalue weighted by molar-refractivity contribution is 8.01. The lowest BCUT2D eigenvalue weighted by Gasteiger charge is -2.05. The van der Waals surface area contributed by atoms with Gasteiger partial charge in [-0.05, 0) is 31.2 Å². The van der Waals surface area contributed by atoms with Crippen LogP contribution in [-0.4, -0.2) is 36.2 Å². The van der Waals surface area contributed by atoms with E-state index in [1.165, 1.54) is 23.1 Å². The fourth-order valence-corrected chi connectivity index (χ4v) is 3.50. The number of carbonyl (C=O) groups is 2. The van der Waals surface area contributed by atoms with Gasteiger partial charge in [0, 0.05) is 17.6 Å². The molecule has 0 unspecified atom stereocenters. The Morgan fingerprint density at radius 1 is 1.25 bits per heavy atom. The molecule has 1 aromatic heterocycles. The third-order valence-corrected chi connectivity index (χ3v) is 5.02. The summed E-state index contributed by atoms with van der Waals surface area (Å²) >= 11 is 2.79. The lowest BCUT2D eigenvalue weighted by atomic mass is 10.3. The van der Waals surface area contributed by atoms with E-state index in [0.717, 1.165) is 21.5 Å². The molecule has 0 fully saturated rings. The molecule has 1 heterocycles. The molecule has 2 rings (SSSR count).